The summed E-state index contributed by atoms with van der Waals surface area (Å²) in [5, 5.41) is 12.7. The zero-order chi connectivity index (χ0) is 31.2. The zero-order valence-corrected chi connectivity index (χ0v) is 26.0. The largest absolute Gasteiger partial charge is 0.496 e. The van der Waals surface area contributed by atoms with Crippen molar-refractivity contribution >= 4 is 11.8 Å². The molecule has 2 amide bonds. The highest BCUT2D eigenvalue weighted by atomic mass is 16.5. The lowest BCUT2D eigenvalue weighted by Gasteiger charge is -2.33. The molecule has 0 aliphatic carbocycles. The summed E-state index contributed by atoms with van der Waals surface area (Å²) in [6, 6.07) is 16.1. The number of carbonyl (C=O) groups excluding carboxylic acids is 2. The first-order valence-electron chi connectivity index (χ1n) is 15.0. The number of amides is 2. The SMILES string of the molecule is COc1cc2c(cc1-c1nnn(C)n1)-c1c(CC(C)(C)OCc3ccccc3)cc(C(=O)N3CCC[C@]3(C)C(N)=O)n1CC2. The highest BCUT2D eigenvalue weighted by Crippen LogP contribution is 2.43. The minimum Gasteiger partial charge on any atom is -0.496 e. The van der Waals surface area contributed by atoms with Crippen LogP contribution >= 0.6 is 0 Å². The Bertz CT molecular complexity index is 1730. The Labute approximate surface area is 256 Å². The van der Waals surface area contributed by atoms with Crippen LogP contribution in [0.4, 0.5) is 0 Å². The maximum Gasteiger partial charge on any atom is 0.271 e. The number of nitrogens with two attached hydrogens (primary N) is 1. The Morgan fingerprint density at radius 3 is 2.55 bits per heavy atom. The third-order valence-electron chi connectivity index (χ3n) is 8.93. The van der Waals surface area contributed by atoms with Gasteiger partial charge >= 0.3 is 0 Å². The van der Waals surface area contributed by atoms with Gasteiger partial charge in [0.05, 0.1) is 37.6 Å². The molecule has 0 unspecified atom stereocenters. The van der Waals surface area contributed by atoms with E-state index in [0.29, 0.717) is 61.8 Å². The van der Waals surface area contributed by atoms with E-state index in [1.165, 1.54) is 4.80 Å². The summed E-state index contributed by atoms with van der Waals surface area (Å²) in [6.45, 7) is 7.45. The molecule has 4 aromatic rings. The first kappa shape index (κ1) is 29.6. The Hall–Kier alpha value is -4.51. The summed E-state index contributed by atoms with van der Waals surface area (Å²) in [7, 11) is 3.35. The molecule has 1 fully saturated rings. The van der Waals surface area contributed by atoms with Gasteiger partial charge in [0.1, 0.15) is 17.0 Å². The Balaban J connectivity index is 1.46. The first-order valence-corrected chi connectivity index (χ1v) is 15.0. The van der Waals surface area contributed by atoms with Crippen molar-refractivity contribution in [2.75, 3.05) is 13.7 Å². The molecule has 2 aromatic carbocycles. The van der Waals surface area contributed by atoms with Crippen LogP contribution in [0.1, 0.15) is 60.8 Å². The fraction of sp³-hybridized carbons (Fsp3) is 0.424. The number of primary amides is 1. The van der Waals surface area contributed by atoms with Gasteiger partial charge in [-0.25, -0.2) is 0 Å². The molecule has 6 rings (SSSR count). The number of methoxy groups -OCH3 is 1. The lowest BCUT2D eigenvalue weighted by Crippen LogP contribution is -2.54. The van der Waals surface area contributed by atoms with Crippen LogP contribution in [-0.4, -0.2) is 66.3 Å². The molecule has 0 bridgehead atoms. The molecule has 1 atom stereocenters. The van der Waals surface area contributed by atoms with E-state index in [-0.39, 0.29) is 5.91 Å². The predicted octanol–water partition coefficient (Wildman–Crippen LogP) is 3.93. The normalized spacial score (nSPS) is 17.8. The minimum atomic E-state index is -1.02. The number of tetrazole rings is 1. The van der Waals surface area contributed by atoms with Crippen LogP contribution in [0, 0.1) is 0 Å². The third-order valence-corrected chi connectivity index (χ3v) is 8.93. The van der Waals surface area contributed by atoms with Gasteiger partial charge in [0.2, 0.25) is 11.7 Å². The Morgan fingerprint density at radius 2 is 1.86 bits per heavy atom. The third kappa shape index (κ3) is 5.25. The molecule has 2 aliphatic rings. The van der Waals surface area contributed by atoms with Gasteiger partial charge in [-0.1, -0.05) is 30.3 Å². The van der Waals surface area contributed by atoms with E-state index in [1.54, 1.807) is 26.0 Å². The fourth-order valence-corrected chi connectivity index (χ4v) is 6.53. The zero-order valence-electron chi connectivity index (χ0n) is 26.0. The molecule has 11 heteroatoms. The summed E-state index contributed by atoms with van der Waals surface area (Å²) in [6.07, 6.45) is 2.52. The van der Waals surface area contributed by atoms with Gasteiger partial charge < -0.3 is 24.7 Å². The van der Waals surface area contributed by atoms with Crippen molar-refractivity contribution in [3.63, 3.8) is 0 Å². The number of hydrogen-bond donors (Lipinski definition) is 1. The van der Waals surface area contributed by atoms with E-state index < -0.39 is 17.0 Å². The number of carbonyl (C=O) groups is 2. The van der Waals surface area contributed by atoms with E-state index in [9.17, 15) is 9.59 Å². The molecular weight excluding hydrogens is 558 g/mol. The van der Waals surface area contributed by atoms with Gasteiger partial charge in [-0.3, -0.25) is 9.59 Å². The van der Waals surface area contributed by atoms with Crippen LogP contribution in [0.5, 0.6) is 5.75 Å². The molecule has 11 nitrogen and oxygen atoms in total. The van der Waals surface area contributed by atoms with E-state index in [1.807, 2.05) is 48.5 Å². The number of hydrogen-bond acceptors (Lipinski definition) is 7. The molecule has 44 heavy (non-hydrogen) atoms. The highest BCUT2D eigenvalue weighted by Gasteiger charge is 2.46. The fourth-order valence-electron chi connectivity index (χ4n) is 6.53. The summed E-state index contributed by atoms with van der Waals surface area (Å²) in [4.78, 5) is 29.8. The number of nitrogens with zero attached hydrogens (tertiary/aromatic N) is 6. The molecule has 0 spiro atoms. The lowest BCUT2D eigenvalue weighted by molar-refractivity contribution is -0.126. The van der Waals surface area contributed by atoms with Crippen LogP contribution < -0.4 is 10.5 Å². The van der Waals surface area contributed by atoms with E-state index in [4.69, 9.17) is 15.2 Å². The summed E-state index contributed by atoms with van der Waals surface area (Å²) >= 11 is 0. The topological polar surface area (TPSA) is 130 Å². The van der Waals surface area contributed by atoms with E-state index in [2.05, 4.69) is 33.8 Å². The van der Waals surface area contributed by atoms with Gasteiger partial charge in [0, 0.05) is 25.1 Å². The van der Waals surface area contributed by atoms with Crippen LogP contribution in [0.3, 0.4) is 0 Å². The van der Waals surface area contributed by atoms with Crippen molar-refractivity contribution in [2.24, 2.45) is 12.8 Å². The van der Waals surface area contributed by atoms with Gasteiger partial charge in [-0.05, 0) is 80.1 Å². The molecule has 4 heterocycles. The second kappa shape index (κ2) is 11.2. The Morgan fingerprint density at radius 1 is 1.09 bits per heavy atom. The number of fused-ring (bicyclic) bond motifs is 3. The second-order valence-corrected chi connectivity index (χ2v) is 12.5. The van der Waals surface area contributed by atoms with Crippen LogP contribution in [-0.2, 0) is 42.6 Å². The quantitative estimate of drug-likeness (QED) is 0.309. The molecule has 2 aromatic heterocycles. The summed E-state index contributed by atoms with van der Waals surface area (Å²) in [5.41, 5.74) is 10.6. The van der Waals surface area contributed by atoms with Gasteiger partial charge in [-0.15, -0.1) is 10.2 Å². The van der Waals surface area contributed by atoms with Crippen molar-refractivity contribution in [1.82, 2.24) is 29.7 Å². The van der Waals surface area contributed by atoms with Crippen LogP contribution in [0.2, 0.25) is 0 Å². The average Bonchev–Trinajstić information content (AvgIpc) is 3.72. The van der Waals surface area contributed by atoms with E-state index >= 15 is 0 Å². The number of aryl methyl sites for hydroxylation is 2. The Kier molecular flexibility index (Phi) is 7.53. The second-order valence-electron chi connectivity index (χ2n) is 12.5. The van der Waals surface area contributed by atoms with Crippen molar-refractivity contribution < 1.29 is 19.1 Å². The molecule has 2 N–H and O–H groups in total. The average molecular weight is 598 g/mol. The number of rotatable bonds is 9. The van der Waals surface area contributed by atoms with Gasteiger partial charge in [0.25, 0.3) is 5.91 Å². The summed E-state index contributed by atoms with van der Waals surface area (Å²) in [5.74, 6) is 0.444. The molecular formula is C33H39N7O4. The standard InChI is InChI=1S/C33H39N7O4/c1-32(2,44-20-21-10-7-6-8-11-21)19-23-16-26(30(41)40-14-9-13-33(40,3)31(34)42)39-15-12-22-17-27(43-5)25(18-24(22)28(23)39)29-35-37-38(4)36-29/h6-8,10-11,16-18H,9,12-15,19-20H2,1-5H3,(H2,34,42)/t33-/m1/s1. The molecule has 230 valence electrons. The number of benzene rings is 2. The van der Waals surface area contributed by atoms with Gasteiger partial charge in [0.15, 0.2) is 0 Å². The van der Waals surface area contributed by atoms with Crippen molar-refractivity contribution in [1.29, 1.82) is 0 Å². The maximum atomic E-state index is 14.2. The highest BCUT2D eigenvalue weighted by molar-refractivity contribution is 5.99. The number of likely N-dealkylation sites (tertiary alicyclic amines) is 1. The monoisotopic (exact) mass is 597 g/mol. The molecule has 1 saturated heterocycles. The van der Waals surface area contributed by atoms with Crippen molar-refractivity contribution in [3.05, 3.63) is 70.9 Å². The number of aromatic nitrogens is 5. The number of ether oxygens (including phenoxy) is 2. The predicted molar refractivity (Wildman–Crippen MR) is 165 cm³/mol. The lowest BCUT2D eigenvalue weighted by atomic mass is 9.90. The van der Waals surface area contributed by atoms with Crippen LogP contribution in [0.25, 0.3) is 22.6 Å². The molecule has 0 saturated carbocycles. The van der Waals surface area contributed by atoms with Crippen LogP contribution in [0.15, 0.2) is 48.5 Å². The van der Waals surface area contributed by atoms with Gasteiger partial charge in [-0.2, -0.15) is 4.80 Å². The van der Waals surface area contributed by atoms with Crippen molar-refractivity contribution in [2.45, 2.75) is 70.7 Å². The van der Waals surface area contributed by atoms with E-state index in [0.717, 1.165) is 34.4 Å². The van der Waals surface area contributed by atoms with Crippen molar-refractivity contribution in [3.8, 4) is 28.4 Å². The maximum absolute atomic E-state index is 14.2. The first-order chi connectivity index (χ1) is 21.0. The summed E-state index contributed by atoms with van der Waals surface area (Å²) < 4.78 is 14.3. The molecule has 0 radical (unpaired) electrons. The minimum absolute atomic E-state index is 0.188. The smallest absolute Gasteiger partial charge is 0.271 e. The molecule has 2 aliphatic heterocycles.